The van der Waals surface area contributed by atoms with Gasteiger partial charge in [-0.05, 0) is 25.5 Å². The minimum Gasteiger partial charge on any atom is -0.349 e. The van der Waals surface area contributed by atoms with E-state index in [4.69, 9.17) is 0 Å². The summed E-state index contributed by atoms with van der Waals surface area (Å²) in [5.74, 6) is 0.0612. The molecule has 5 nitrogen and oxygen atoms in total. The molecule has 80 valence electrons. The van der Waals surface area contributed by atoms with Crippen molar-refractivity contribution in [3.8, 4) is 0 Å². The molecule has 1 unspecified atom stereocenters. The number of nitrogens with one attached hydrogen (secondary N) is 2. The van der Waals surface area contributed by atoms with E-state index in [9.17, 15) is 4.79 Å². The standard InChI is InChI=1S/C10H14N4O/c15-10(9-2-1-4-12-9)13-6-8-3-5-11-7-14-8/h3,5,7,9,12H,1-2,4,6H2,(H,13,15). The molecule has 1 aromatic heterocycles. The van der Waals surface area contributed by atoms with Crippen LogP contribution in [0, 0.1) is 0 Å². The number of rotatable bonds is 3. The maximum atomic E-state index is 11.6. The molecule has 0 spiro atoms. The van der Waals surface area contributed by atoms with Gasteiger partial charge < -0.3 is 10.6 Å². The molecule has 0 aliphatic carbocycles. The molecular weight excluding hydrogens is 192 g/mol. The molecule has 2 heterocycles. The Morgan fingerprint density at radius 1 is 1.67 bits per heavy atom. The van der Waals surface area contributed by atoms with E-state index in [-0.39, 0.29) is 11.9 Å². The van der Waals surface area contributed by atoms with Crippen molar-refractivity contribution < 1.29 is 4.79 Å². The first-order chi connectivity index (χ1) is 7.36. The molecule has 1 atom stereocenters. The van der Waals surface area contributed by atoms with E-state index in [1.165, 1.54) is 6.33 Å². The van der Waals surface area contributed by atoms with Gasteiger partial charge in [0.15, 0.2) is 0 Å². The van der Waals surface area contributed by atoms with Crippen molar-refractivity contribution in [3.63, 3.8) is 0 Å². The summed E-state index contributed by atoms with van der Waals surface area (Å²) in [6.07, 6.45) is 5.15. The Hall–Kier alpha value is -1.49. The Balaban J connectivity index is 1.80. The quantitative estimate of drug-likeness (QED) is 0.721. The van der Waals surface area contributed by atoms with Gasteiger partial charge in [-0.2, -0.15) is 0 Å². The molecule has 1 aromatic rings. The average Bonchev–Trinajstić information content (AvgIpc) is 2.81. The number of aromatic nitrogens is 2. The molecule has 1 aliphatic heterocycles. The first-order valence-electron chi connectivity index (χ1n) is 5.12. The number of amides is 1. The molecule has 2 rings (SSSR count). The first-order valence-corrected chi connectivity index (χ1v) is 5.12. The van der Waals surface area contributed by atoms with E-state index < -0.39 is 0 Å². The summed E-state index contributed by atoms with van der Waals surface area (Å²) in [6.45, 7) is 1.41. The van der Waals surface area contributed by atoms with Crippen molar-refractivity contribution in [1.82, 2.24) is 20.6 Å². The van der Waals surface area contributed by atoms with Crippen molar-refractivity contribution in [2.45, 2.75) is 25.4 Å². The molecule has 1 amide bonds. The van der Waals surface area contributed by atoms with Crippen LogP contribution in [0.1, 0.15) is 18.5 Å². The zero-order valence-electron chi connectivity index (χ0n) is 8.44. The lowest BCUT2D eigenvalue weighted by molar-refractivity contribution is -0.122. The predicted octanol–water partition coefficient (Wildman–Crippen LogP) is -0.155. The second-order valence-corrected chi connectivity index (χ2v) is 3.57. The zero-order chi connectivity index (χ0) is 10.5. The van der Waals surface area contributed by atoms with E-state index in [1.807, 2.05) is 0 Å². The number of carbonyl (C=O) groups is 1. The second kappa shape index (κ2) is 4.84. The van der Waals surface area contributed by atoms with Gasteiger partial charge in [-0.15, -0.1) is 0 Å². The van der Waals surface area contributed by atoms with Crippen LogP contribution in [0.25, 0.3) is 0 Å². The SMILES string of the molecule is O=C(NCc1ccncn1)C1CCCN1. The second-order valence-electron chi connectivity index (χ2n) is 3.57. The van der Waals surface area contributed by atoms with Crippen molar-refractivity contribution in [2.24, 2.45) is 0 Å². The highest BCUT2D eigenvalue weighted by atomic mass is 16.2. The molecule has 15 heavy (non-hydrogen) atoms. The summed E-state index contributed by atoms with van der Waals surface area (Å²) >= 11 is 0. The Labute approximate surface area is 88.3 Å². The average molecular weight is 206 g/mol. The number of hydrogen-bond acceptors (Lipinski definition) is 4. The van der Waals surface area contributed by atoms with Gasteiger partial charge >= 0.3 is 0 Å². The third kappa shape index (κ3) is 2.73. The largest absolute Gasteiger partial charge is 0.349 e. The van der Waals surface area contributed by atoms with Gasteiger partial charge in [-0.1, -0.05) is 0 Å². The van der Waals surface area contributed by atoms with Crippen molar-refractivity contribution in [3.05, 3.63) is 24.3 Å². The molecule has 1 aliphatic rings. The molecule has 1 fully saturated rings. The predicted molar refractivity (Wildman–Crippen MR) is 54.9 cm³/mol. The van der Waals surface area contributed by atoms with Gasteiger partial charge in [0.2, 0.25) is 5.91 Å². The number of hydrogen-bond donors (Lipinski definition) is 2. The molecule has 2 N–H and O–H groups in total. The van der Waals surface area contributed by atoms with Gasteiger partial charge in [-0.3, -0.25) is 4.79 Å². The van der Waals surface area contributed by atoms with E-state index in [1.54, 1.807) is 12.3 Å². The van der Waals surface area contributed by atoms with Gasteiger partial charge in [0.05, 0.1) is 18.3 Å². The minimum atomic E-state index is -0.0214. The van der Waals surface area contributed by atoms with E-state index in [0.717, 1.165) is 25.1 Å². The summed E-state index contributed by atoms with van der Waals surface area (Å²) < 4.78 is 0. The Bertz CT molecular complexity index is 321. The third-order valence-corrected chi connectivity index (χ3v) is 2.46. The third-order valence-electron chi connectivity index (χ3n) is 2.46. The molecule has 0 aromatic carbocycles. The van der Waals surface area contributed by atoms with Crippen molar-refractivity contribution in [1.29, 1.82) is 0 Å². The highest BCUT2D eigenvalue weighted by molar-refractivity contribution is 5.81. The van der Waals surface area contributed by atoms with E-state index in [0.29, 0.717) is 6.54 Å². The number of carbonyl (C=O) groups excluding carboxylic acids is 1. The fourth-order valence-electron chi connectivity index (χ4n) is 1.63. The molecule has 5 heteroatoms. The van der Waals surface area contributed by atoms with Crippen LogP contribution < -0.4 is 10.6 Å². The summed E-state index contributed by atoms with van der Waals surface area (Å²) in [6, 6.07) is 1.77. The van der Waals surface area contributed by atoms with E-state index in [2.05, 4.69) is 20.6 Å². The monoisotopic (exact) mass is 206 g/mol. The van der Waals surface area contributed by atoms with Gasteiger partial charge in [-0.25, -0.2) is 9.97 Å². The van der Waals surface area contributed by atoms with Gasteiger partial charge in [0.25, 0.3) is 0 Å². The topological polar surface area (TPSA) is 66.9 Å². The van der Waals surface area contributed by atoms with Crippen molar-refractivity contribution >= 4 is 5.91 Å². The van der Waals surface area contributed by atoms with Crippen LogP contribution in [0.3, 0.4) is 0 Å². The molecular formula is C10H14N4O. The summed E-state index contributed by atoms with van der Waals surface area (Å²) in [5.41, 5.74) is 0.830. The van der Waals surface area contributed by atoms with Crippen LogP contribution in [0.4, 0.5) is 0 Å². The van der Waals surface area contributed by atoms with Crippen molar-refractivity contribution in [2.75, 3.05) is 6.54 Å². The van der Waals surface area contributed by atoms with Gasteiger partial charge in [0, 0.05) is 6.20 Å². The van der Waals surface area contributed by atoms with E-state index >= 15 is 0 Å². The highest BCUT2D eigenvalue weighted by Crippen LogP contribution is 2.04. The Morgan fingerprint density at radius 3 is 3.27 bits per heavy atom. The maximum Gasteiger partial charge on any atom is 0.237 e. The molecule has 0 radical (unpaired) electrons. The summed E-state index contributed by atoms with van der Waals surface area (Å²) in [4.78, 5) is 19.4. The van der Waals surface area contributed by atoms with Crippen LogP contribution in [0.5, 0.6) is 0 Å². The lowest BCUT2D eigenvalue weighted by Crippen LogP contribution is -2.40. The molecule has 0 saturated carbocycles. The fraction of sp³-hybridized carbons (Fsp3) is 0.500. The normalized spacial score (nSPS) is 20.1. The van der Waals surface area contributed by atoms with Crippen LogP contribution in [-0.4, -0.2) is 28.5 Å². The molecule has 0 bridgehead atoms. The smallest absolute Gasteiger partial charge is 0.237 e. The summed E-state index contributed by atoms with van der Waals surface area (Å²) in [5, 5.41) is 6.00. The maximum absolute atomic E-state index is 11.6. The first kappa shape index (κ1) is 10.0. The van der Waals surface area contributed by atoms with Crippen LogP contribution in [0.15, 0.2) is 18.6 Å². The fourth-order valence-corrected chi connectivity index (χ4v) is 1.63. The highest BCUT2D eigenvalue weighted by Gasteiger charge is 2.21. The minimum absolute atomic E-state index is 0.0214. The summed E-state index contributed by atoms with van der Waals surface area (Å²) in [7, 11) is 0. The lowest BCUT2D eigenvalue weighted by Gasteiger charge is -2.10. The van der Waals surface area contributed by atoms with Crippen LogP contribution in [0.2, 0.25) is 0 Å². The van der Waals surface area contributed by atoms with Crippen LogP contribution in [-0.2, 0) is 11.3 Å². The van der Waals surface area contributed by atoms with Crippen LogP contribution >= 0.6 is 0 Å². The lowest BCUT2D eigenvalue weighted by atomic mass is 10.2. The Kier molecular flexibility index (Phi) is 3.24. The van der Waals surface area contributed by atoms with Gasteiger partial charge in [0.1, 0.15) is 6.33 Å². The number of nitrogens with zero attached hydrogens (tertiary/aromatic N) is 2. The molecule has 1 saturated heterocycles. The Morgan fingerprint density at radius 2 is 2.60 bits per heavy atom. The zero-order valence-corrected chi connectivity index (χ0v) is 8.44.